The Labute approximate surface area is 136 Å². The molecule has 1 atom stereocenters. The molecule has 0 aliphatic carbocycles. The highest BCUT2D eigenvalue weighted by atomic mass is 19.1. The average molecular weight is 328 g/mol. The van der Waals surface area contributed by atoms with E-state index in [2.05, 4.69) is 20.5 Å². The quantitative estimate of drug-likeness (QED) is 0.773. The fourth-order valence-corrected chi connectivity index (χ4v) is 2.31. The molecule has 2 aromatic carbocycles. The standard InChI is InChI=1S/C17H14F2N4O/c1-10-20-16(23-22-10)15(11-5-3-2-4-6-11)21-17(24)13-9-12(18)7-8-14(13)19/h2-9,15H,1H3,(H,21,24)(H,20,22,23). The minimum Gasteiger partial charge on any atom is -0.338 e. The lowest BCUT2D eigenvalue weighted by Crippen LogP contribution is -2.30. The first-order chi connectivity index (χ1) is 11.5. The number of hydrogen-bond donors (Lipinski definition) is 2. The maximum absolute atomic E-state index is 13.8. The molecule has 0 aliphatic rings. The molecule has 0 aliphatic heterocycles. The Morgan fingerprint density at radius 3 is 2.58 bits per heavy atom. The van der Waals surface area contributed by atoms with Crippen molar-refractivity contribution in [3.63, 3.8) is 0 Å². The third-order valence-corrected chi connectivity index (χ3v) is 3.45. The van der Waals surface area contributed by atoms with Gasteiger partial charge in [0.25, 0.3) is 5.91 Å². The number of aromatic amines is 1. The predicted molar refractivity (Wildman–Crippen MR) is 83.2 cm³/mol. The number of carbonyl (C=O) groups excluding carboxylic acids is 1. The van der Waals surface area contributed by atoms with Crippen molar-refractivity contribution in [3.8, 4) is 0 Å². The van der Waals surface area contributed by atoms with Crippen LogP contribution in [0.5, 0.6) is 0 Å². The molecule has 3 rings (SSSR count). The summed E-state index contributed by atoms with van der Waals surface area (Å²) in [7, 11) is 0. The molecule has 5 nitrogen and oxygen atoms in total. The van der Waals surface area contributed by atoms with E-state index in [1.54, 1.807) is 31.2 Å². The number of halogens is 2. The van der Waals surface area contributed by atoms with E-state index in [1.807, 2.05) is 6.07 Å². The number of benzene rings is 2. The predicted octanol–water partition coefficient (Wildman–Crippen LogP) is 2.91. The Bertz CT molecular complexity index is 864. The number of nitrogens with one attached hydrogen (secondary N) is 2. The van der Waals surface area contributed by atoms with Crippen LogP contribution in [0.3, 0.4) is 0 Å². The monoisotopic (exact) mass is 328 g/mol. The Morgan fingerprint density at radius 1 is 1.17 bits per heavy atom. The molecular formula is C17H14F2N4O. The maximum atomic E-state index is 13.8. The molecule has 0 fully saturated rings. The SMILES string of the molecule is Cc1nc(C(NC(=O)c2cc(F)ccc2F)c2ccccc2)n[nH]1. The van der Waals surface area contributed by atoms with E-state index in [0.717, 1.165) is 23.8 Å². The van der Waals surface area contributed by atoms with Crippen molar-refractivity contribution in [2.24, 2.45) is 0 Å². The van der Waals surface area contributed by atoms with Crippen LogP contribution >= 0.6 is 0 Å². The van der Waals surface area contributed by atoms with Crippen LogP contribution in [0, 0.1) is 18.6 Å². The van der Waals surface area contributed by atoms with Crippen molar-refractivity contribution in [3.05, 3.63) is 82.9 Å². The summed E-state index contributed by atoms with van der Waals surface area (Å²) in [5.74, 6) is -1.32. The zero-order valence-electron chi connectivity index (χ0n) is 12.8. The van der Waals surface area contributed by atoms with Crippen LogP contribution in [0.4, 0.5) is 8.78 Å². The summed E-state index contributed by atoms with van der Waals surface area (Å²) in [5, 5.41) is 9.42. The molecule has 0 saturated carbocycles. The molecule has 1 amide bonds. The van der Waals surface area contributed by atoms with Crippen molar-refractivity contribution in [1.29, 1.82) is 0 Å². The van der Waals surface area contributed by atoms with Gasteiger partial charge in [-0.25, -0.2) is 13.8 Å². The Morgan fingerprint density at radius 2 is 1.92 bits per heavy atom. The van der Waals surface area contributed by atoms with Crippen LogP contribution in [-0.2, 0) is 0 Å². The summed E-state index contributed by atoms with van der Waals surface area (Å²) in [6.07, 6.45) is 0. The van der Waals surface area contributed by atoms with E-state index in [-0.39, 0.29) is 5.56 Å². The second kappa shape index (κ2) is 6.57. The van der Waals surface area contributed by atoms with Crippen LogP contribution < -0.4 is 5.32 Å². The molecule has 2 N–H and O–H groups in total. The largest absolute Gasteiger partial charge is 0.338 e. The van der Waals surface area contributed by atoms with Gasteiger partial charge in [-0.3, -0.25) is 9.89 Å². The highest BCUT2D eigenvalue weighted by Gasteiger charge is 2.23. The number of H-pyrrole nitrogens is 1. The van der Waals surface area contributed by atoms with E-state index >= 15 is 0 Å². The zero-order chi connectivity index (χ0) is 17.1. The first-order valence-corrected chi connectivity index (χ1v) is 7.24. The van der Waals surface area contributed by atoms with Crippen molar-refractivity contribution in [2.45, 2.75) is 13.0 Å². The minimum absolute atomic E-state index is 0.337. The Balaban J connectivity index is 1.95. The second-order valence-corrected chi connectivity index (χ2v) is 5.22. The zero-order valence-corrected chi connectivity index (χ0v) is 12.8. The Kier molecular flexibility index (Phi) is 4.33. The molecule has 24 heavy (non-hydrogen) atoms. The summed E-state index contributed by atoms with van der Waals surface area (Å²) in [6, 6.07) is 11.1. The molecule has 0 radical (unpaired) electrons. The van der Waals surface area contributed by atoms with E-state index < -0.39 is 23.6 Å². The molecule has 3 aromatic rings. The van der Waals surface area contributed by atoms with Gasteiger partial charge in [-0.1, -0.05) is 30.3 Å². The highest BCUT2D eigenvalue weighted by Crippen LogP contribution is 2.20. The summed E-state index contributed by atoms with van der Waals surface area (Å²) < 4.78 is 27.1. The normalized spacial score (nSPS) is 12.0. The van der Waals surface area contributed by atoms with E-state index in [9.17, 15) is 13.6 Å². The summed E-state index contributed by atoms with van der Waals surface area (Å²) in [4.78, 5) is 16.6. The lowest BCUT2D eigenvalue weighted by Gasteiger charge is -2.16. The van der Waals surface area contributed by atoms with Gasteiger partial charge in [-0.2, -0.15) is 5.10 Å². The summed E-state index contributed by atoms with van der Waals surface area (Å²) in [6.45, 7) is 1.73. The number of hydrogen-bond acceptors (Lipinski definition) is 3. The Hall–Kier alpha value is -3.09. The van der Waals surface area contributed by atoms with Crippen molar-refractivity contribution < 1.29 is 13.6 Å². The van der Waals surface area contributed by atoms with Gasteiger partial charge < -0.3 is 5.32 Å². The maximum Gasteiger partial charge on any atom is 0.255 e. The topological polar surface area (TPSA) is 70.7 Å². The third-order valence-electron chi connectivity index (χ3n) is 3.45. The van der Waals surface area contributed by atoms with Gasteiger partial charge in [-0.05, 0) is 30.7 Å². The van der Waals surface area contributed by atoms with Gasteiger partial charge in [0.15, 0.2) is 5.82 Å². The third kappa shape index (κ3) is 3.29. The molecular weight excluding hydrogens is 314 g/mol. The number of carbonyl (C=O) groups is 1. The molecule has 7 heteroatoms. The van der Waals surface area contributed by atoms with Gasteiger partial charge in [0.1, 0.15) is 23.5 Å². The fourth-order valence-electron chi connectivity index (χ4n) is 2.31. The number of aryl methyl sites for hydroxylation is 1. The number of aromatic nitrogens is 3. The first kappa shape index (κ1) is 15.8. The van der Waals surface area contributed by atoms with E-state index in [4.69, 9.17) is 0 Å². The molecule has 0 saturated heterocycles. The van der Waals surface area contributed by atoms with Crippen molar-refractivity contribution >= 4 is 5.91 Å². The summed E-state index contributed by atoms with van der Waals surface area (Å²) >= 11 is 0. The van der Waals surface area contributed by atoms with E-state index in [0.29, 0.717) is 11.6 Å². The number of nitrogens with zero attached hydrogens (tertiary/aromatic N) is 2. The van der Waals surface area contributed by atoms with Crippen LogP contribution in [-0.4, -0.2) is 21.1 Å². The van der Waals surface area contributed by atoms with Gasteiger partial charge >= 0.3 is 0 Å². The van der Waals surface area contributed by atoms with Crippen LogP contribution in [0.1, 0.15) is 33.6 Å². The van der Waals surface area contributed by atoms with E-state index in [1.165, 1.54) is 0 Å². The van der Waals surface area contributed by atoms with Gasteiger partial charge in [0.05, 0.1) is 5.56 Å². The highest BCUT2D eigenvalue weighted by molar-refractivity contribution is 5.94. The van der Waals surface area contributed by atoms with Crippen molar-refractivity contribution in [1.82, 2.24) is 20.5 Å². The molecule has 1 aromatic heterocycles. The van der Waals surface area contributed by atoms with Gasteiger partial charge in [-0.15, -0.1) is 0 Å². The lowest BCUT2D eigenvalue weighted by molar-refractivity contribution is 0.0937. The lowest BCUT2D eigenvalue weighted by atomic mass is 10.1. The average Bonchev–Trinajstić information content (AvgIpc) is 3.01. The minimum atomic E-state index is -0.799. The van der Waals surface area contributed by atoms with Crippen molar-refractivity contribution in [2.75, 3.05) is 0 Å². The summed E-state index contributed by atoms with van der Waals surface area (Å²) in [5.41, 5.74) is 0.352. The van der Waals surface area contributed by atoms with Gasteiger partial charge in [0.2, 0.25) is 0 Å². The number of rotatable bonds is 4. The molecule has 0 spiro atoms. The van der Waals surface area contributed by atoms with Crippen LogP contribution in [0.15, 0.2) is 48.5 Å². The van der Waals surface area contributed by atoms with Crippen LogP contribution in [0.25, 0.3) is 0 Å². The first-order valence-electron chi connectivity index (χ1n) is 7.24. The smallest absolute Gasteiger partial charge is 0.255 e. The fraction of sp³-hybridized carbons (Fsp3) is 0.118. The molecule has 0 bridgehead atoms. The van der Waals surface area contributed by atoms with Gasteiger partial charge in [0, 0.05) is 0 Å². The second-order valence-electron chi connectivity index (χ2n) is 5.22. The number of amides is 1. The molecule has 1 unspecified atom stereocenters. The van der Waals surface area contributed by atoms with Crippen LogP contribution in [0.2, 0.25) is 0 Å². The molecule has 122 valence electrons. The molecule has 1 heterocycles.